The lowest BCUT2D eigenvalue weighted by Gasteiger charge is -2.32. The van der Waals surface area contributed by atoms with E-state index in [9.17, 15) is 4.79 Å². The molecule has 0 spiro atoms. The van der Waals surface area contributed by atoms with E-state index in [1.807, 2.05) is 13.8 Å². The number of carbonyl (C=O) groups excluding carboxylic acids is 1. The second-order valence-electron chi connectivity index (χ2n) is 4.96. The molecule has 1 atom stereocenters. The van der Waals surface area contributed by atoms with Gasteiger partial charge in [-0.3, -0.25) is 9.69 Å². The molecule has 1 saturated heterocycles. The summed E-state index contributed by atoms with van der Waals surface area (Å²) >= 11 is 0. The number of aliphatic hydroxyl groups excluding tert-OH is 1. The molecule has 3 N–H and O–H groups in total. The zero-order chi connectivity index (χ0) is 12.7. The number of carbonyl (C=O) groups is 1. The first kappa shape index (κ1) is 14.4. The minimum atomic E-state index is -0.278. The quantitative estimate of drug-likeness (QED) is 0.592. The Morgan fingerprint density at radius 3 is 2.65 bits per heavy atom. The number of hydrogen-bond donors (Lipinski definition) is 3. The molecule has 5 nitrogen and oxygen atoms in total. The zero-order valence-electron chi connectivity index (χ0n) is 11.0. The highest BCUT2D eigenvalue weighted by Crippen LogP contribution is 2.13. The van der Waals surface area contributed by atoms with Gasteiger partial charge in [0, 0.05) is 38.3 Å². The van der Waals surface area contributed by atoms with Gasteiger partial charge >= 0.3 is 0 Å². The Morgan fingerprint density at radius 2 is 2.12 bits per heavy atom. The fraction of sp³-hybridized carbons (Fsp3) is 0.917. The Hall–Kier alpha value is -0.650. The summed E-state index contributed by atoms with van der Waals surface area (Å²) in [5.41, 5.74) is -0.278. The third-order valence-corrected chi connectivity index (χ3v) is 3.46. The van der Waals surface area contributed by atoms with Crippen LogP contribution in [0.15, 0.2) is 0 Å². The summed E-state index contributed by atoms with van der Waals surface area (Å²) in [7, 11) is 0. The van der Waals surface area contributed by atoms with Gasteiger partial charge in [0.25, 0.3) is 0 Å². The molecular formula is C12H25N3O2. The van der Waals surface area contributed by atoms with Gasteiger partial charge in [-0.25, -0.2) is 0 Å². The van der Waals surface area contributed by atoms with Crippen LogP contribution in [-0.4, -0.2) is 60.8 Å². The lowest BCUT2D eigenvalue weighted by Crippen LogP contribution is -2.52. The van der Waals surface area contributed by atoms with Gasteiger partial charge in [0.05, 0.1) is 6.54 Å². The SMILES string of the molecule is CCC(C)(CCO)NC(=O)CN1CCNCC1. The van der Waals surface area contributed by atoms with Crippen molar-refractivity contribution in [3.05, 3.63) is 0 Å². The van der Waals surface area contributed by atoms with Crippen LogP contribution in [0.25, 0.3) is 0 Å². The predicted octanol–water partition coefficient (Wildman–Crippen LogP) is -0.441. The normalized spacial score (nSPS) is 20.9. The molecular weight excluding hydrogens is 218 g/mol. The van der Waals surface area contributed by atoms with Crippen molar-refractivity contribution in [3.8, 4) is 0 Å². The van der Waals surface area contributed by atoms with Crippen molar-refractivity contribution in [1.82, 2.24) is 15.5 Å². The first-order chi connectivity index (χ1) is 8.09. The summed E-state index contributed by atoms with van der Waals surface area (Å²) < 4.78 is 0. The van der Waals surface area contributed by atoms with E-state index in [2.05, 4.69) is 15.5 Å². The first-order valence-corrected chi connectivity index (χ1v) is 6.44. The summed E-state index contributed by atoms with van der Waals surface area (Å²) in [5, 5.41) is 15.3. The molecule has 1 aliphatic rings. The van der Waals surface area contributed by atoms with Crippen LogP contribution in [-0.2, 0) is 4.79 Å². The highest BCUT2D eigenvalue weighted by molar-refractivity contribution is 5.78. The van der Waals surface area contributed by atoms with Crippen LogP contribution in [0.5, 0.6) is 0 Å². The Balaban J connectivity index is 2.36. The van der Waals surface area contributed by atoms with Crippen molar-refractivity contribution >= 4 is 5.91 Å². The molecule has 17 heavy (non-hydrogen) atoms. The monoisotopic (exact) mass is 243 g/mol. The van der Waals surface area contributed by atoms with Gasteiger partial charge in [0.15, 0.2) is 0 Å². The minimum Gasteiger partial charge on any atom is -0.396 e. The van der Waals surface area contributed by atoms with E-state index in [0.717, 1.165) is 32.6 Å². The number of hydrogen-bond acceptors (Lipinski definition) is 4. The van der Waals surface area contributed by atoms with Crippen molar-refractivity contribution < 1.29 is 9.90 Å². The lowest BCUT2D eigenvalue weighted by atomic mass is 9.95. The molecule has 0 aliphatic carbocycles. The largest absolute Gasteiger partial charge is 0.396 e. The molecule has 0 aromatic heterocycles. The standard InChI is InChI=1S/C12H25N3O2/c1-3-12(2,4-9-16)14-11(17)10-15-7-5-13-6-8-15/h13,16H,3-10H2,1-2H3,(H,14,17). The van der Waals surface area contributed by atoms with Crippen molar-refractivity contribution in [2.24, 2.45) is 0 Å². The Labute approximate surface area is 104 Å². The zero-order valence-corrected chi connectivity index (χ0v) is 11.0. The maximum Gasteiger partial charge on any atom is 0.234 e. The number of nitrogens with zero attached hydrogens (tertiary/aromatic N) is 1. The summed E-state index contributed by atoms with van der Waals surface area (Å²) in [5.74, 6) is 0.0599. The summed E-state index contributed by atoms with van der Waals surface area (Å²) in [6.07, 6.45) is 1.44. The van der Waals surface area contributed by atoms with E-state index in [1.165, 1.54) is 0 Å². The molecule has 1 fully saturated rings. The van der Waals surface area contributed by atoms with Crippen LogP contribution in [0, 0.1) is 0 Å². The van der Waals surface area contributed by atoms with Gasteiger partial charge in [0.1, 0.15) is 0 Å². The van der Waals surface area contributed by atoms with Crippen molar-refractivity contribution in [2.45, 2.75) is 32.2 Å². The van der Waals surface area contributed by atoms with E-state index < -0.39 is 0 Å². The van der Waals surface area contributed by atoms with Crippen molar-refractivity contribution in [2.75, 3.05) is 39.3 Å². The third kappa shape index (κ3) is 5.02. The predicted molar refractivity (Wildman–Crippen MR) is 67.9 cm³/mol. The highest BCUT2D eigenvalue weighted by Gasteiger charge is 2.24. The average molecular weight is 243 g/mol. The van der Waals surface area contributed by atoms with E-state index in [-0.39, 0.29) is 18.1 Å². The van der Waals surface area contributed by atoms with Crippen LogP contribution >= 0.6 is 0 Å². The number of amides is 1. The Bertz CT molecular complexity index is 242. The molecule has 5 heteroatoms. The highest BCUT2D eigenvalue weighted by atomic mass is 16.3. The summed E-state index contributed by atoms with van der Waals surface area (Å²) in [4.78, 5) is 14.1. The van der Waals surface area contributed by atoms with Crippen LogP contribution in [0.2, 0.25) is 0 Å². The molecule has 1 aliphatic heterocycles. The lowest BCUT2D eigenvalue weighted by molar-refractivity contribution is -0.124. The summed E-state index contributed by atoms with van der Waals surface area (Å²) in [6, 6.07) is 0. The topological polar surface area (TPSA) is 64.6 Å². The van der Waals surface area contributed by atoms with E-state index >= 15 is 0 Å². The maximum atomic E-state index is 11.9. The number of nitrogens with one attached hydrogen (secondary N) is 2. The summed E-state index contributed by atoms with van der Waals surface area (Å²) in [6.45, 7) is 8.34. The second kappa shape index (κ2) is 6.93. The molecule has 0 saturated carbocycles. The average Bonchev–Trinajstić information content (AvgIpc) is 2.30. The van der Waals surface area contributed by atoms with Gasteiger partial charge in [0.2, 0.25) is 5.91 Å². The van der Waals surface area contributed by atoms with Gasteiger partial charge in [-0.1, -0.05) is 6.92 Å². The van der Waals surface area contributed by atoms with Crippen LogP contribution < -0.4 is 10.6 Å². The molecule has 0 bridgehead atoms. The minimum absolute atomic E-state index is 0.0599. The van der Waals surface area contributed by atoms with Crippen LogP contribution in [0.3, 0.4) is 0 Å². The first-order valence-electron chi connectivity index (χ1n) is 6.44. The molecule has 1 unspecified atom stereocenters. The molecule has 0 aromatic rings. The molecule has 1 amide bonds. The van der Waals surface area contributed by atoms with Crippen molar-refractivity contribution in [1.29, 1.82) is 0 Å². The molecule has 0 aromatic carbocycles. The number of piperazine rings is 1. The molecule has 0 radical (unpaired) electrons. The van der Waals surface area contributed by atoms with E-state index in [1.54, 1.807) is 0 Å². The van der Waals surface area contributed by atoms with Crippen molar-refractivity contribution in [3.63, 3.8) is 0 Å². The van der Waals surface area contributed by atoms with Gasteiger partial charge in [-0.2, -0.15) is 0 Å². The molecule has 100 valence electrons. The Morgan fingerprint density at radius 1 is 1.47 bits per heavy atom. The van der Waals surface area contributed by atoms with Crippen LogP contribution in [0.1, 0.15) is 26.7 Å². The third-order valence-electron chi connectivity index (χ3n) is 3.46. The number of aliphatic hydroxyl groups is 1. The van der Waals surface area contributed by atoms with E-state index in [4.69, 9.17) is 5.11 Å². The molecule has 1 rings (SSSR count). The fourth-order valence-corrected chi connectivity index (χ4v) is 2.02. The van der Waals surface area contributed by atoms with Crippen LogP contribution in [0.4, 0.5) is 0 Å². The Kier molecular flexibility index (Phi) is 5.88. The van der Waals surface area contributed by atoms with Gasteiger partial charge < -0.3 is 15.7 Å². The molecule has 1 heterocycles. The second-order valence-corrected chi connectivity index (χ2v) is 4.96. The maximum absolute atomic E-state index is 11.9. The van der Waals surface area contributed by atoms with Gasteiger partial charge in [-0.15, -0.1) is 0 Å². The van der Waals surface area contributed by atoms with E-state index in [0.29, 0.717) is 13.0 Å². The van der Waals surface area contributed by atoms with Gasteiger partial charge in [-0.05, 0) is 19.8 Å². The number of rotatable bonds is 6. The smallest absolute Gasteiger partial charge is 0.234 e. The fourth-order valence-electron chi connectivity index (χ4n) is 2.02.